The van der Waals surface area contributed by atoms with Gasteiger partial charge in [-0.05, 0) is 57.4 Å². The van der Waals surface area contributed by atoms with Crippen molar-refractivity contribution in [2.75, 3.05) is 0 Å². The van der Waals surface area contributed by atoms with Crippen LogP contribution in [0.1, 0.15) is 65.7 Å². The van der Waals surface area contributed by atoms with Gasteiger partial charge in [-0.25, -0.2) is 4.79 Å². The quantitative estimate of drug-likeness (QED) is 0.190. The SMILES string of the molecule is C/C=C(O)\C=C\[C@](C)(O)C/C=C/OC(=O)C(=CCCCC)[C@@H]1CCCC1=O. The molecule has 1 saturated carbocycles. The van der Waals surface area contributed by atoms with Crippen LogP contribution in [0.5, 0.6) is 0 Å². The molecular formula is C22H32O5. The van der Waals surface area contributed by atoms with Gasteiger partial charge in [0.15, 0.2) is 0 Å². The fourth-order valence-electron chi connectivity index (χ4n) is 2.87. The van der Waals surface area contributed by atoms with Crippen molar-refractivity contribution in [3.8, 4) is 0 Å². The molecule has 2 N–H and O–H groups in total. The van der Waals surface area contributed by atoms with Crippen molar-refractivity contribution in [3.63, 3.8) is 0 Å². The van der Waals surface area contributed by atoms with Gasteiger partial charge in [0.25, 0.3) is 0 Å². The van der Waals surface area contributed by atoms with E-state index >= 15 is 0 Å². The Hall–Kier alpha value is -2.14. The van der Waals surface area contributed by atoms with Gasteiger partial charge in [0.05, 0.1) is 11.9 Å². The van der Waals surface area contributed by atoms with Crippen molar-refractivity contribution in [2.24, 2.45) is 5.92 Å². The maximum Gasteiger partial charge on any atom is 0.339 e. The number of carbonyl (C=O) groups is 2. The largest absolute Gasteiger partial charge is 0.508 e. The summed E-state index contributed by atoms with van der Waals surface area (Å²) in [5.41, 5.74) is -0.721. The van der Waals surface area contributed by atoms with Crippen LogP contribution in [0.15, 0.2) is 48.0 Å². The number of unbranched alkanes of at least 4 members (excludes halogenated alkanes) is 2. The molecule has 0 aromatic carbocycles. The lowest BCUT2D eigenvalue weighted by atomic mass is 9.95. The summed E-state index contributed by atoms with van der Waals surface area (Å²) in [5.74, 6) is -0.675. The van der Waals surface area contributed by atoms with E-state index in [1.165, 1.54) is 24.5 Å². The minimum Gasteiger partial charge on any atom is -0.508 e. The minimum absolute atomic E-state index is 0.0637. The fraction of sp³-hybridized carbons (Fsp3) is 0.545. The van der Waals surface area contributed by atoms with Gasteiger partial charge in [0.2, 0.25) is 0 Å². The number of rotatable bonds is 10. The predicted octanol–water partition coefficient (Wildman–Crippen LogP) is 4.69. The normalized spacial score (nSPS) is 21.2. The van der Waals surface area contributed by atoms with Crippen molar-refractivity contribution in [1.29, 1.82) is 0 Å². The number of ketones is 1. The third-order valence-electron chi connectivity index (χ3n) is 4.55. The van der Waals surface area contributed by atoms with Crippen molar-refractivity contribution in [2.45, 2.75) is 71.3 Å². The van der Waals surface area contributed by atoms with E-state index in [1.54, 1.807) is 19.9 Å². The average molecular weight is 376 g/mol. The summed E-state index contributed by atoms with van der Waals surface area (Å²) >= 11 is 0. The van der Waals surface area contributed by atoms with Gasteiger partial charge in [-0.3, -0.25) is 4.79 Å². The summed E-state index contributed by atoms with van der Waals surface area (Å²) in [6.45, 7) is 5.35. The van der Waals surface area contributed by atoms with E-state index in [2.05, 4.69) is 6.92 Å². The molecule has 27 heavy (non-hydrogen) atoms. The third kappa shape index (κ3) is 8.39. The molecule has 0 radical (unpaired) electrons. The first kappa shape index (κ1) is 22.9. The van der Waals surface area contributed by atoms with Crippen LogP contribution in [0.4, 0.5) is 0 Å². The highest BCUT2D eigenvalue weighted by molar-refractivity contribution is 5.98. The summed E-state index contributed by atoms with van der Waals surface area (Å²) in [6.07, 6.45) is 14.0. The van der Waals surface area contributed by atoms with Gasteiger partial charge in [-0.15, -0.1) is 0 Å². The molecule has 1 aliphatic rings. The second-order valence-corrected chi connectivity index (χ2v) is 7.10. The Morgan fingerprint density at radius 2 is 2.15 bits per heavy atom. The highest BCUT2D eigenvalue weighted by Gasteiger charge is 2.31. The van der Waals surface area contributed by atoms with Crippen molar-refractivity contribution < 1.29 is 24.5 Å². The first-order chi connectivity index (χ1) is 12.8. The molecule has 0 saturated heterocycles. The fourth-order valence-corrected chi connectivity index (χ4v) is 2.87. The lowest BCUT2D eigenvalue weighted by Gasteiger charge is -2.16. The Morgan fingerprint density at radius 1 is 1.41 bits per heavy atom. The second kappa shape index (κ2) is 11.5. The first-order valence-electron chi connectivity index (χ1n) is 9.66. The maximum atomic E-state index is 12.4. The molecule has 0 unspecified atom stereocenters. The smallest absolute Gasteiger partial charge is 0.339 e. The molecule has 1 rings (SSSR count). The van der Waals surface area contributed by atoms with E-state index in [0.717, 1.165) is 25.7 Å². The standard InChI is InChI=1S/C22H32O5/c1-4-6-7-10-19(18-11-8-12-20(18)24)21(25)27-16-9-14-22(3,26)15-13-17(23)5-2/h5,9-10,13,15-16,18,23,26H,4,6-8,11-12,14H2,1-3H3/b15-13+,16-9+,17-5+,19-10?/t18-,22+/m0/s1. The van der Waals surface area contributed by atoms with E-state index in [9.17, 15) is 19.8 Å². The number of aliphatic hydroxyl groups excluding tert-OH is 1. The molecule has 0 aliphatic heterocycles. The van der Waals surface area contributed by atoms with Crippen LogP contribution >= 0.6 is 0 Å². The second-order valence-electron chi connectivity index (χ2n) is 7.10. The van der Waals surface area contributed by atoms with Gasteiger partial charge < -0.3 is 14.9 Å². The summed E-state index contributed by atoms with van der Waals surface area (Å²) in [5, 5.41) is 19.6. The molecular weight excluding hydrogens is 344 g/mol. The van der Waals surface area contributed by atoms with Crippen molar-refractivity contribution >= 4 is 11.8 Å². The van der Waals surface area contributed by atoms with E-state index in [4.69, 9.17) is 4.74 Å². The Kier molecular flexibility index (Phi) is 9.79. The number of ether oxygens (including phenoxy) is 1. The molecule has 0 aromatic heterocycles. The predicted molar refractivity (Wildman–Crippen MR) is 106 cm³/mol. The molecule has 0 bridgehead atoms. The molecule has 2 atom stereocenters. The Balaban J connectivity index is 2.67. The molecule has 5 nitrogen and oxygen atoms in total. The van der Waals surface area contributed by atoms with Crippen LogP contribution < -0.4 is 0 Å². The summed E-state index contributed by atoms with van der Waals surface area (Å²) in [6, 6.07) is 0. The molecule has 0 aromatic rings. The monoisotopic (exact) mass is 376 g/mol. The molecule has 0 amide bonds. The van der Waals surface area contributed by atoms with Crippen LogP contribution in [0.2, 0.25) is 0 Å². The van der Waals surface area contributed by atoms with Crippen LogP contribution in [0.25, 0.3) is 0 Å². The zero-order chi connectivity index (χ0) is 20.3. The average Bonchev–Trinajstić information content (AvgIpc) is 3.06. The van der Waals surface area contributed by atoms with Gasteiger partial charge in [-0.2, -0.15) is 0 Å². The lowest BCUT2D eigenvalue weighted by molar-refractivity contribution is -0.135. The van der Waals surface area contributed by atoms with E-state index in [1.807, 2.05) is 6.08 Å². The number of hydrogen-bond acceptors (Lipinski definition) is 5. The van der Waals surface area contributed by atoms with Gasteiger partial charge >= 0.3 is 5.97 Å². The number of aliphatic hydroxyl groups is 2. The lowest BCUT2D eigenvalue weighted by Crippen LogP contribution is -2.20. The van der Waals surface area contributed by atoms with E-state index < -0.39 is 11.6 Å². The Morgan fingerprint density at radius 3 is 2.74 bits per heavy atom. The number of Topliss-reactive ketones (excluding diaryl/α,β-unsaturated/α-hetero) is 1. The van der Waals surface area contributed by atoms with Crippen LogP contribution in [-0.4, -0.2) is 27.6 Å². The molecule has 150 valence electrons. The summed E-state index contributed by atoms with van der Waals surface area (Å²) in [4.78, 5) is 24.5. The zero-order valence-corrected chi connectivity index (χ0v) is 16.6. The molecule has 0 spiro atoms. The Bertz CT molecular complexity index is 623. The highest BCUT2D eigenvalue weighted by atomic mass is 16.5. The van der Waals surface area contributed by atoms with Gasteiger partial charge in [0, 0.05) is 24.3 Å². The zero-order valence-electron chi connectivity index (χ0n) is 16.6. The van der Waals surface area contributed by atoms with Crippen LogP contribution in [0, 0.1) is 5.92 Å². The van der Waals surface area contributed by atoms with Crippen molar-refractivity contribution in [3.05, 3.63) is 48.0 Å². The number of carbonyl (C=O) groups excluding carboxylic acids is 2. The van der Waals surface area contributed by atoms with Gasteiger partial charge in [0.1, 0.15) is 11.5 Å². The maximum absolute atomic E-state index is 12.4. The minimum atomic E-state index is -1.18. The Labute approximate surface area is 162 Å². The van der Waals surface area contributed by atoms with Crippen molar-refractivity contribution in [1.82, 2.24) is 0 Å². The van der Waals surface area contributed by atoms with E-state index in [0.29, 0.717) is 18.4 Å². The first-order valence-corrected chi connectivity index (χ1v) is 9.66. The summed E-state index contributed by atoms with van der Waals surface area (Å²) < 4.78 is 5.20. The van der Waals surface area contributed by atoms with Gasteiger partial charge in [-0.1, -0.05) is 25.8 Å². The van der Waals surface area contributed by atoms with Crippen LogP contribution in [-0.2, 0) is 14.3 Å². The number of hydrogen-bond donors (Lipinski definition) is 2. The highest BCUT2D eigenvalue weighted by Crippen LogP contribution is 2.29. The topological polar surface area (TPSA) is 83.8 Å². The summed E-state index contributed by atoms with van der Waals surface area (Å²) in [7, 11) is 0. The number of allylic oxidation sites excluding steroid dienone is 3. The third-order valence-corrected chi connectivity index (χ3v) is 4.55. The van der Waals surface area contributed by atoms with Crippen LogP contribution in [0.3, 0.4) is 0 Å². The molecule has 1 fully saturated rings. The molecule has 1 aliphatic carbocycles. The molecule has 0 heterocycles. The number of esters is 1. The van der Waals surface area contributed by atoms with E-state index in [-0.39, 0.29) is 23.9 Å². The molecule has 5 heteroatoms.